The molecule has 0 aromatic heterocycles. The summed E-state index contributed by atoms with van der Waals surface area (Å²) in [7, 11) is 0. The molecule has 2 fully saturated rings. The van der Waals surface area contributed by atoms with Gasteiger partial charge in [-0.3, -0.25) is 0 Å². The minimum Gasteiger partial charge on any atom is -0.480 e. The monoisotopic (exact) mass is 254 g/mol. The predicted molar refractivity (Wildman–Crippen MR) is 67.3 cm³/mol. The van der Waals surface area contributed by atoms with Crippen LogP contribution in [0.15, 0.2) is 0 Å². The Bertz CT molecular complexity index is 328. The molecule has 2 rings (SSSR count). The molecule has 5 nitrogen and oxygen atoms in total. The highest BCUT2D eigenvalue weighted by atomic mass is 16.4. The molecule has 18 heavy (non-hydrogen) atoms. The van der Waals surface area contributed by atoms with Crippen molar-refractivity contribution in [3.8, 4) is 0 Å². The standard InChI is InChI=1S/C13H22N2O3/c1-2-14(9-10-6-7-10)13(18)15-8-4-3-5-11(15)12(16)17/h10-11H,2-9H2,1H3,(H,16,17). The first-order valence-corrected chi connectivity index (χ1v) is 6.91. The van der Waals surface area contributed by atoms with Gasteiger partial charge in [-0.15, -0.1) is 0 Å². The summed E-state index contributed by atoms with van der Waals surface area (Å²) in [4.78, 5) is 27.0. The average molecular weight is 254 g/mol. The molecule has 1 saturated heterocycles. The number of urea groups is 1. The summed E-state index contributed by atoms with van der Waals surface area (Å²) in [6.07, 6.45) is 4.80. The van der Waals surface area contributed by atoms with Gasteiger partial charge in [0, 0.05) is 19.6 Å². The highest BCUT2D eigenvalue weighted by molar-refractivity contribution is 5.83. The van der Waals surface area contributed by atoms with Crippen LogP contribution in [0.2, 0.25) is 0 Å². The molecule has 1 unspecified atom stereocenters. The Labute approximate surface area is 108 Å². The third-order valence-electron chi connectivity index (χ3n) is 3.86. The smallest absolute Gasteiger partial charge is 0.326 e. The van der Waals surface area contributed by atoms with Gasteiger partial charge in [-0.1, -0.05) is 0 Å². The first-order valence-electron chi connectivity index (χ1n) is 6.91. The normalized spacial score (nSPS) is 23.8. The van der Waals surface area contributed by atoms with E-state index in [-0.39, 0.29) is 6.03 Å². The van der Waals surface area contributed by atoms with Crippen LogP contribution < -0.4 is 0 Å². The molecule has 102 valence electrons. The fourth-order valence-corrected chi connectivity index (χ4v) is 2.55. The number of hydrogen-bond donors (Lipinski definition) is 1. The van der Waals surface area contributed by atoms with Crippen molar-refractivity contribution in [3.05, 3.63) is 0 Å². The molecule has 2 amide bonds. The van der Waals surface area contributed by atoms with E-state index in [1.165, 1.54) is 12.8 Å². The second kappa shape index (κ2) is 5.59. The van der Waals surface area contributed by atoms with Crippen molar-refractivity contribution in [1.82, 2.24) is 9.80 Å². The van der Waals surface area contributed by atoms with Gasteiger partial charge in [-0.05, 0) is 44.9 Å². The van der Waals surface area contributed by atoms with Crippen LogP contribution in [0.5, 0.6) is 0 Å². The maximum atomic E-state index is 12.4. The van der Waals surface area contributed by atoms with Gasteiger partial charge in [-0.25, -0.2) is 9.59 Å². The van der Waals surface area contributed by atoms with Crippen LogP contribution in [-0.4, -0.2) is 52.6 Å². The molecule has 1 N–H and O–H groups in total. The van der Waals surface area contributed by atoms with Gasteiger partial charge in [0.15, 0.2) is 0 Å². The van der Waals surface area contributed by atoms with Crippen LogP contribution in [-0.2, 0) is 4.79 Å². The lowest BCUT2D eigenvalue weighted by molar-refractivity contribution is -0.143. The molecule has 2 aliphatic rings. The summed E-state index contributed by atoms with van der Waals surface area (Å²) < 4.78 is 0. The highest BCUT2D eigenvalue weighted by Crippen LogP contribution is 2.30. The van der Waals surface area contributed by atoms with E-state index in [1.807, 2.05) is 6.92 Å². The Kier molecular flexibility index (Phi) is 4.09. The minimum atomic E-state index is -0.870. The molecule has 1 heterocycles. The third-order valence-corrected chi connectivity index (χ3v) is 3.86. The van der Waals surface area contributed by atoms with E-state index in [9.17, 15) is 14.7 Å². The number of carboxylic acid groups (broad SMARTS) is 1. The summed E-state index contributed by atoms with van der Waals surface area (Å²) >= 11 is 0. The number of aliphatic carboxylic acids is 1. The van der Waals surface area contributed by atoms with E-state index < -0.39 is 12.0 Å². The number of nitrogens with zero attached hydrogens (tertiary/aromatic N) is 2. The minimum absolute atomic E-state index is 0.0866. The van der Waals surface area contributed by atoms with Gasteiger partial charge in [0.05, 0.1) is 0 Å². The van der Waals surface area contributed by atoms with Gasteiger partial charge in [0.1, 0.15) is 6.04 Å². The van der Waals surface area contributed by atoms with Gasteiger partial charge in [-0.2, -0.15) is 0 Å². The van der Waals surface area contributed by atoms with Crippen LogP contribution in [0.1, 0.15) is 39.0 Å². The van der Waals surface area contributed by atoms with E-state index in [2.05, 4.69) is 0 Å². The molecule has 0 aromatic carbocycles. The van der Waals surface area contributed by atoms with Crippen molar-refractivity contribution < 1.29 is 14.7 Å². The molecule has 0 spiro atoms. The molecule has 0 bridgehead atoms. The zero-order valence-electron chi connectivity index (χ0n) is 11.0. The van der Waals surface area contributed by atoms with Gasteiger partial charge >= 0.3 is 12.0 Å². The summed E-state index contributed by atoms with van der Waals surface area (Å²) in [5.41, 5.74) is 0. The molecule has 0 radical (unpaired) electrons. The zero-order chi connectivity index (χ0) is 13.1. The molecule has 1 aliphatic carbocycles. The number of carbonyl (C=O) groups excluding carboxylic acids is 1. The largest absolute Gasteiger partial charge is 0.480 e. The Morgan fingerprint density at radius 1 is 1.28 bits per heavy atom. The predicted octanol–water partition coefficient (Wildman–Crippen LogP) is 1.78. The zero-order valence-corrected chi connectivity index (χ0v) is 11.0. The van der Waals surface area contributed by atoms with E-state index >= 15 is 0 Å². The molecule has 5 heteroatoms. The number of carboxylic acids is 1. The number of piperidine rings is 1. The number of hydrogen-bond acceptors (Lipinski definition) is 2. The summed E-state index contributed by atoms with van der Waals surface area (Å²) in [6, 6.07) is -0.712. The maximum Gasteiger partial charge on any atom is 0.326 e. The quantitative estimate of drug-likeness (QED) is 0.831. The van der Waals surface area contributed by atoms with Crippen molar-refractivity contribution in [2.24, 2.45) is 5.92 Å². The molecule has 0 aromatic rings. The Balaban J connectivity index is 2.01. The molecular weight excluding hydrogens is 232 g/mol. The fourth-order valence-electron chi connectivity index (χ4n) is 2.55. The summed E-state index contributed by atoms with van der Waals surface area (Å²) in [5, 5.41) is 9.19. The average Bonchev–Trinajstić information content (AvgIpc) is 3.19. The van der Waals surface area contributed by atoms with E-state index in [4.69, 9.17) is 0 Å². The Morgan fingerprint density at radius 2 is 2.00 bits per heavy atom. The van der Waals surface area contributed by atoms with Crippen LogP contribution in [0.4, 0.5) is 4.79 Å². The van der Waals surface area contributed by atoms with Crippen LogP contribution in [0.25, 0.3) is 0 Å². The third kappa shape index (κ3) is 2.94. The Hall–Kier alpha value is -1.26. The van der Waals surface area contributed by atoms with Crippen molar-refractivity contribution in [3.63, 3.8) is 0 Å². The topological polar surface area (TPSA) is 60.9 Å². The van der Waals surface area contributed by atoms with Crippen molar-refractivity contribution in [2.45, 2.75) is 45.1 Å². The van der Waals surface area contributed by atoms with Crippen molar-refractivity contribution in [1.29, 1.82) is 0 Å². The number of likely N-dealkylation sites (tertiary alicyclic amines) is 1. The van der Waals surface area contributed by atoms with Gasteiger partial charge < -0.3 is 14.9 Å². The van der Waals surface area contributed by atoms with Gasteiger partial charge in [0.25, 0.3) is 0 Å². The van der Waals surface area contributed by atoms with Crippen molar-refractivity contribution >= 4 is 12.0 Å². The first kappa shape index (κ1) is 13.2. The van der Waals surface area contributed by atoms with E-state index in [0.29, 0.717) is 25.4 Å². The molecule has 1 saturated carbocycles. The SMILES string of the molecule is CCN(CC1CC1)C(=O)N1CCCCC1C(=O)O. The van der Waals surface area contributed by atoms with Crippen LogP contribution in [0.3, 0.4) is 0 Å². The lowest BCUT2D eigenvalue weighted by atomic mass is 10.0. The first-order chi connectivity index (χ1) is 8.63. The van der Waals surface area contributed by atoms with E-state index in [1.54, 1.807) is 9.80 Å². The number of carbonyl (C=O) groups is 2. The van der Waals surface area contributed by atoms with Crippen molar-refractivity contribution in [2.75, 3.05) is 19.6 Å². The highest BCUT2D eigenvalue weighted by Gasteiger charge is 2.35. The molecular formula is C13H22N2O3. The van der Waals surface area contributed by atoms with Crippen LogP contribution >= 0.6 is 0 Å². The summed E-state index contributed by atoms with van der Waals surface area (Å²) in [6.45, 7) is 3.99. The lowest BCUT2D eigenvalue weighted by Crippen LogP contribution is -2.53. The van der Waals surface area contributed by atoms with Crippen LogP contribution in [0, 0.1) is 5.92 Å². The Morgan fingerprint density at radius 3 is 2.56 bits per heavy atom. The summed E-state index contributed by atoms with van der Waals surface area (Å²) in [5.74, 6) is -0.229. The second-order valence-corrected chi connectivity index (χ2v) is 5.31. The number of rotatable bonds is 4. The molecule has 1 aliphatic heterocycles. The fraction of sp³-hybridized carbons (Fsp3) is 0.846. The second-order valence-electron chi connectivity index (χ2n) is 5.31. The lowest BCUT2D eigenvalue weighted by Gasteiger charge is -2.36. The van der Waals surface area contributed by atoms with E-state index in [0.717, 1.165) is 19.4 Å². The maximum absolute atomic E-state index is 12.4. The molecule has 1 atom stereocenters. The number of amides is 2. The van der Waals surface area contributed by atoms with Gasteiger partial charge in [0.2, 0.25) is 0 Å².